The first-order chi connectivity index (χ1) is 10.1. The van der Waals surface area contributed by atoms with Crippen LogP contribution in [0.3, 0.4) is 0 Å². The lowest BCUT2D eigenvalue weighted by molar-refractivity contribution is -0.114. The summed E-state index contributed by atoms with van der Waals surface area (Å²) < 4.78 is 0. The third-order valence-electron chi connectivity index (χ3n) is 3.42. The Bertz CT molecular complexity index is 625. The van der Waals surface area contributed by atoms with Gasteiger partial charge < -0.3 is 16.0 Å². The van der Waals surface area contributed by atoms with Crippen LogP contribution < -0.4 is 16.0 Å². The fraction of sp³-hybridized carbons (Fsp3) is 0.235. The fourth-order valence-corrected chi connectivity index (χ4v) is 2.26. The van der Waals surface area contributed by atoms with Gasteiger partial charge in [0.2, 0.25) is 5.91 Å². The Morgan fingerprint density at radius 3 is 2.52 bits per heavy atom. The van der Waals surface area contributed by atoms with Crippen LogP contribution in [0.5, 0.6) is 0 Å². The van der Waals surface area contributed by atoms with Crippen molar-refractivity contribution in [2.45, 2.75) is 13.5 Å². The van der Waals surface area contributed by atoms with Gasteiger partial charge in [-0.05, 0) is 30.2 Å². The molecule has 21 heavy (non-hydrogen) atoms. The summed E-state index contributed by atoms with van der Waals surface area (Å²) in [5.41, 5.74) is 9.65. The number of hydrogen-bond acceptors (Lipinski definition) is 3. The molecule has 0 saturated carbocycles. The zero-order valence-electron chi connectivity index (χ0n) is 12.5. The molecule has 4 nitrogen and oxygen atoms in total. The van der Waals surface area contributed by atoms with E-state index in [1.807, 2.05) is 67.4 Å². The average Bonchev–Trinajstić information content (AvgIpc) is 2.49. The second-order valence-electron chi connectivity index (χ2n) is 5.05. The molecule has 0 atom stereocenters. The Morgan fingerprint density at radius 1 is 1.14 bits per heavy atom. The van der Waals surface area contributed by atoms with Crippen LogP contribution in [-0.2, 0) is 11.3 Å². The zero-order chi connectivity index (χ0) is 15.2. The molecule has 0 saturated heterocycles. The highest BCUT2D eigenvalue weighted by Gasteiger charge is 2.11. The summed E-state index contributed by atoms with van der Waals surface area (Å²) in [5.74, 6) is -0.0429. The van der Waals surface area contributed by atoms with Crippen LogP contribution in [0.2, 0.25) is 0 Å². The minimum atomic E-state index is -0.0429. The molecular formula is C17H21N3O. The molecule has 1 amide bonds. The van der Waals surface area contributed by atoms with Crippen LogP contribution in [0.4, 0.5) is 11.4 Å². The van der Waals surface area contributed by atoms with Crippen molar-refractivity contribution >= 4 is 17.3 Å². The minimum absolute atomic E-state index is 0.0429. The van der Waals surface area contributed by atoms with Crippen LogP contribution in [-0.4, -0.2) is 19.5 Å². The minimum Gasteiger partial charge on any atom is -0.365 e. The summed E-state index contributed by atoms with van der Waals surface area (Å²) in [5, 5.41) is 2.94. The van der Waals surface area contributed by atoms with Gasteiger partial charge in [-0.25, -0.2) is 0 Å². The van der Waals surface area contributed by atoms with Gasteiger partial charge in [0.15, 0.2) is 0 Å². The maximum Gasteiger partial charge on any atom is 0.243 e. The Kier molecular flexibility index (Phi) is 4.95. The first kappa shape index (κ1) is 15.1. The van der Waals surface area contributed by atoms with Crippen LogP contribution in [0, 0.1) is 6.92 Å². The highest BCUT2D eigenvalue weighted by Crippen LogP contribution is 2.19. The van der Waals surface area contributed by atoms with Crippen molar-refractivity contribution in [3.63, 3.8) is 0 Å². The first-order valence-electron chi connectivity index (χ1n) is 6.96. The Balaban J connectivity index is 2.04. The van der Waals surface area contributed by atoms with E-state index in [4.69, 9.17) is 5.73 Å². The number of nitrogens with one attached hydrogen (secondary N) is 1. The van der Waals surface area contributed by atoms with E-state index in [2.05, 4.69) is 5.32 Å². The largest absolute Gasteiger partial charge is 0.365 e. The number of benzene rings is 2. The second kappa shape index (κ2) is 6.90. The molecule has 2 aromatic carbocycles. The molecule has 0 aromatic heterocycles. The number of carbonyl (C=O) groups excluding carboxylic acids is 1. The summed E-state index contributed by atoms with van der Waals surface area (Å²) in [7, 11) is 1.89. The van der Waals surface area contributed by atoms with Gasteiger partial charge in [0, 0.05) is 25.0 Å². The number of rotatable bonds is 5. The van der Waals surface area contributed by atoms with Gasteiger partial charge in [0.25, 0.3) is 0 Å². The molecule has 4 heteroatoms. The third kappa shape index (κ3) is 3.83. The van der Waals surface area contributed by atoms with E-state index in [1.165, 1.54) is 0 Å². The quantitative estimate of drug-likeness (QED) is 0.886. The monoisotopic (exact) mass is 283 g/mol. The summed E-state index contributed by atoms with van der Waals surface area (Å²) in [6.07, 6.45) is 0. The number of para-hydroxylation sites is 2. The van der Waals surface area contributed by atoms with Crippen molar-refractivity contribution in [3.05, 3.63) is 59.7 Å². The second-order valence-corrected chi connectivity index (χ2v) is 5.05. The molecule has 0 bridgehead atoms. The van der Waals surface area contributed by atoms with Gasteiger partial charge >= 0.3 is 0 Å². The highest BCUT2D eigenvalue weighted by atomic mass is 16.2. The molecule has 2 aromatic rings. The van der Waals surface area contributed by atoms with E-state index in [0.717, 1.165) is 22.5 Å². The normalized spacial score (nSPS) is 10.2. The summed E-state index contributed by atoms with van der Waals surface area (Å²) in [6.45, 7) is 2.72. The smallest absolute Gasteiger partial charge is 0.243 e. The predicted molar refractivity (Wildman–Crippen MR) is 87.4 cm³/mol. The SMILES string of the molecule is Cc1ccccc1NC(=O)CN(C)c1ccccc1CN. The van der Waals surface area contributed by atoms with Gasteiger partial charge in [-0.1, -0.05) is 36.4 Å². The van der Waals surface area contributed by atoms with Gasteiger partial charge in [0.1, 0.15) is 0 Å². The molecule has 0 fully saturated rings. The van der Waals surface area contributed by atoms with Gasteiger partial charge in [0.05, 0.1) is 6.54 Å². The van der Waals surface area contributed by atoms with Crippen molar-refractivity contribution in [1.29, 1.82) is 0 Å². The van der Waals surface area contributed by atoms with E-state index in [-0.39, 0.29) is 12.5 Å². The van der Waals surface area contributed by atoms with Crippen molar-refractivity contribution < 1.29 is 4.79 Å². The number of nitrogens with two attached hydrogens (primary N) is 1. The van der Waals surface area contributed by atoms with Gasteiger partial charge in [-0.15, -0.1) is 0 Å². The van der Waals surface area contributed by atoms with E-state index in [0.29, 0.717) is 6.54 Å². The Hall–Kier alpha value is -2.33. The fourth-order valence-electron chi connectivity index (χ4n) is 2.26. The molecule has 0 aliphatic rings. The van der Waals surface area contributed by atoms with Crippen molar-refractivity contribution in [2.75, 3.05) is 23.8 Å². The lowest BCUT2D eigenvalue weighted by Crippen LogP contribution is -2.31. The maximum absolute atomic E-state index is 12.2. The Morgan fingerprint density at radius 2 is 1.81 bits per heavy atom. The lowest BCUT2D eigenvalue weighted by Gasteiger charge is -2.21. The molecule has 3 N–H and O–H groups in total. The summed E-state index contributed by atoms with van der Waals surface area (Å²) in [6, 6.07) is 15.6. The number of carbonyl (C=O) groups is 1. The van der Waals surface area contributed by atoms with Gasteiger partial charge in [-0.2, -0.15) is 0 Å². The zero-order valence-corrected chi connectivity index (χ0v) is 12.5. The number of nitrogens with zero attached hydrogens (tertiary/aromatic N) is 1. The standard InChI is InChI=1S/C17H21N3O/c1-13-7-3-5-9-15(13)19-17(21)12-20(2)16-10-6-4-8-14(16)11-18/h3-10H,11-12,18H2,1-2H3,(H,19,21). The third-order valence-corrected chi connectivity index (χ3v) is 3.42. The lowest BCUT2D eigenvalue weighted by atomic mass is 10.1. The van der Waals surface area contributed by atoms with E-state index in [9.17, 15) is 4.79 Å². The molecule has 0 aliphatic heterocycles. The highest BCUT2D eigenvalue weighted by molar-refractivity contribution is 5.94. The number of likely N-dealkylation sites (N-methyl/N-ethyl adjacent to an activating group) is 1. The number of amides is 1. The maximum atomic E-state index is 12.2. The molecule has 0 unspecified atom stereocenters. The molecule has 0 radical (unpaired) electrons. The topological polar surface area (TPSA) is 58.4 Å². The molecule has 0 spiro atoms. The van der Waals surface area contributed by atoms with E-state index in [1.54, 1.807) is 0 Å². The van der Waals surface area contributed by atoms with Crippen molar-refractivity contribution in [2.24, 2.45) is 5.73 Å². The molecule has 2 rings (SSSR count). The number of hydrogen-bond donors (Lipinski definition) is 2. The van der Waals surface area contributed by atoms with Crippen LogP contribution in [0.25, 0.3) is 0 Å². The molecule has 110 valence electrons. The van der Waals surface area contributed by atoms with Crippen LogP contribution in [0.15, 0.2) is 48.5 Å². The van der Waals surface area contributed by atoms with Crippen molar-refractivity contribution in [1.82, 2.24) is 0 Å². The van der Waals surface area contributed by atoms with Crippen LogP contribution in [0.1, 0.15) is 11.1 Å². The number of anilines is 2. The predicted octanol–water partition coefficient (Wildman–Crippen LogP) is 2.53. The van der Waals surface area contributed by atoms with Crippen LogP contribution >= 0.6 is 0 Å². The van der Waals surface area contributed by atoms with Crippen molar-refractivity contribution in [3.8, 4) is 0 Å². The molecular weight excluding hydrogens is 262 g/mol. The first-order valence-corrected chi connectivity index (χ1v) is 6.96. The molecule has 0 heterocycles. The average molecular weight is 283 g/mol. The Labute approximate surface area is 125 Å². The number of aryl methyl sites for hydroxylation is 1. The van der Waals surface area contributed by atoms with Gasteiger partial charge in [-0.3, -0.25) is 4.79 Å². The molecule has 0 aliphatic carbocycles. The summed E-state index contributed by atoms with van der Waals surface area (Å²) >= 11 is 0. The van der Waals surface area contributed by atoms with E-state index >= 15 is 0 Å². The summed E-state index contributed by atoms with van der Waals surface area (Å²) in [4.78, 5) is 14.1. The van der Waals surface area contributed by atoms with E-state index < -0.39 is 0 Å².